The van der Waals surface area contributed by atoms with E-state index in [1.165, 1.54) is 0 Å². The van der Waals surface area contributed by atoms with Gasteiger partial charge in [0.05, 0.1) is 6.10 Å². The van der Waals surface area contributed by atoms with Gasteiger partial charge in [-0.05, 0) is 30.4 Å². The van der Waals surface area contributed by atoms with E-state index in [1.54, 1.807) is 16.9 Å². The van der Waals surface area contributed by atoms with Gasteiger partial charge in [-0.2, -0.15) is 0 Å². The largest absolute Gasteiger partial charge is 0.379 e. The molecule has 0 radical (unpaired) electrons. The Kier molecular flexibility index (Phi) is 5.44. The maximum absolute atomic E-state index is 13.4. The van der Waals surface area contributed by atoms with E-state index in [2.05, 4.69) is 12.1 Å². The molecule has 0 aliphatic carbocycles. The molecule has 0 N–H and O–H groups in total. The number of carbonyl (C=O) groups is 2. The van der Waals surface area contributed by atoms with Gasteiger partial charge in [-0.15, -0.1) is 0 Å². The molecule has 3 saturated heterocycles. The number of hydrogen-bond acceptors (Lipinski definition) is 3. The van der Waals surface area contributed by atoms with E-state index in [0.717, 1.165) is 24.0 Å². The third kappa shape index (κ3) is 3.54. The summed E-state index contributed by atoms with van der Waals surface area (Å²) in [6.07, 6.45) is 1.85. The first-order valence-electron chi connectivity index (χ1n) is 9.90. The Morgan fingerprint density at radius 3 is 2.14 bits per heavy atom. The minimum Gasteiger partial charge on any atom is -0.379 e. The van der Waals surface area contributed by atoms with Crippen LogP contribution < -0.4 is 0 Å². The van der Waals surface area contributed by atoms with Crippen molar-refractivity contribution in [1.29, 1.82) is 0 Å². The van der Waals surface area contributed by atoms with E-state index in [4.69, 9.17) is 4.74 Å². The van der Waals surface area contributed by atoms with Crippen molar-refractivity contribution in [1.82, 2.24) is 9.80 Å². The van der Waals surface area contributed by atoms with E-state index in [0.29, 0.717) is 19.5 Å². The van der Waals surface area contributed by atoms with Crippen LogP contribution in [-0.4, -0.2) is 53.5 Å². The lowest BCUT2D eigenvalue weighted by Gasteiger charge is -2.44. The summed E-state index contributed by atoms with van der Waals surface area (Å²) >= 11 is 0. The quantitative estimate of drug-likeness (QED) is 0.777. The molecule has 3 atom stereocenters. The first-order chi connectivity index (χ1) is 13.7. The fourth-order valence-corrected chi connectivity index (χ4v) is 4.40. The molecule has 2 aromatic rings. The molecule has 2 aromatic carbocycles. The minimum absolute atomic E-state index is 0.00543. The summed E-state index contributed by atoms with van der Waals surface area (Å²) in [5, 5.41) is 0. The highest BCUT2D eigenvalue weighted by molar-refractivity contribution is 5.98. The van der Waals surface area contributed by atoms with E-state index >= 15 is 0 Å². The van der Waals surface area contributed by atoms with Gasteiger partial charge in [0.2, 0.25) is 11.8 Å². The summed E-state index contributed by atoms with van der Waals surface area (Å²) in [5.74, 6) is 0.0573. The van der Waals surface area contributed by atoms with Gasteiger partial charge in [0.1, 0.15) is 12.1 Å². The van der Waals surface area contributed by atoms with Crippen LogP contribution in [0.4, 0.5) is 0 Å². The van der Waals surface area contributed by atoms with Crippen molar-refractivity contribution < 1.29 is 14.3 Å². The second kappa shape index (κ2) is 8.15. The third-order valence-corrected chi connectivity index (χ3v) is 5.88. The van der Waals surface area contributed by atoms with E-state index in [9.17, 15) is 9.59 Å². The van der Waals surface area contributed by atoms with Crippen LogP contribution in [0.2, 0.25) is 0 Å². The molecule has 0 unspecified atom stereocenters. The molecular weight excluding hydrogens is 352 g/mol. The van der Waals surface area contributed by atoms with Gasteiger partial charge in [-0.3, -0.25) is 9.59 Å². The zero-order valence-electron chi connectivity index (χ0n) is 16.2. The van der Waals surface area contributed by atoms with Crippen LogP contribution in [0, 0.1) is 0 Å². The van der Waals surface area contributed by atoms with Gasteiger partial charge >= 0.3 is 0 Å². The number of benzene rings is 2. The number of carbonyl (C=O) groups excluding carboxylic acids is 2. The van der Waals surface area contributed by atoms with Crippen LogP contribution in [0.5, 0.6) is 0 Å². The Labute approximate surface area is 165 Å². The molecule has 0 saturated carbocycles. The Hall–Kier alpha value is -2.66. The van der Waals surface area contributed by atoms with Crippen molar-refractivity contribution in [3.8, 4) is 0 Å². The van der Waals surface area contributed by atoms with Crippen molar-refractivity contribution >= 4 is 11.8 Å². The lowest BCUT2D eigenvalue weighted by Crippen LogP contribution is -2.65. The summed E-state index contributed by atoms with van der Waals surface area (Å²) in [7, 11) is 1.64. The maximum atomic E-state index is 13.4. The predicted octanol–water partition coefficient (Wildman–Crippen LogP) is 2.65. The predicted molar refractivity (Wildman–Crippen MR) is 106 cm³/mol. The maximum Gasteiger partial charge on any atom is 0.249 e. The van der Waals surface area contributed by atoms with Crippen LogP contribution in [-0.2, 0) is 27.3 Å². The molecule has 0 spiro atoms. The molecule has 2 amide bonds. The zero-order chi connectivity index (χ0) is 19.5. The van der Waals surface area contributed by atoms with Crippen LogP contribution in [0.1, 0.15) is 24.0 Å². The minimum atomic E-state index is -0.538. The number of amides is 2. The molecule has 0 aromatic heterocycles. The van der Waals surface area contributed by atoms with Crippen LogP contribution in [0.25, 0.3) is 0 Å². The molecule has 3 aliphatic rings. The van der Waals surface area contributed by atoms with Crippen molar-refractivity contribution in [2.75, 3.05) is 13.7 Å². The number of rotatable bonds is 6. The summed E-state index contributed by atoms with van der Waals surface area (Å²) in [5.41, 5.74) is 2.21. The molecule has 3 heterocycles. The molecule has 28 heavy (non-hydrogen) atoms. The highest BCUT2D eigenvalue weighted by atomic mass is 16.5. The smallest absolute Gasteiger partial charge is 0.249 e. The Morgan fingerprint density at radius 1 is 0.857 bits per heavy atom. The van der Waals surface area contributed by atoms with Gasteiger partial charge in [-0.1, -0.05) is 60.7 Å². The Bertz CT molecular complexity index is 824. The van der Waals surface area contributed by atoms with E-state index < -0.39 is 12.1 Å². The number of hydrogen-bond donors (Lipinski definition) is 0. The number of ether oxygens (including phenoxy) is 1. The Morgan fingerprint density at radius 2 is 1.50 bits per heavy atom. The van der Waals surface area contributed by atoms with Crippen LogP contribution in [0.3, 0.4) is 0 Å². The monoisotopic (exact) mass is 378 g/mol. The molecule has 146 valence electrons. The van der Waals surface area contributed by atoms with Crippen molar-refractivity contribution in [3.63, 3.8) is 0 Å². The highest BCUT2D eigenvalue weighted by Gasteiger charge is 2.51. The number of methoxy groups -OCH3 is 1. The summed E-state index contributed by atoms with van der Waals surface area (Å²) in [4.78, 5) is 30.2. The molecule has 5 rings (SSSR count). The van der Waals surface area contributed by atoms with E-state index in [1.807, 2.05) is 48.5 Å². The van der Waals surface area contributed by atoms with Crippen LogP contribution in [0.15, 0.2) is 60.7 Å². The first kappa shape index (κ1) is 18.7. The number of nitrogens with zero attached hydrogens (tertiary/aromatic N) is 2. The molecule has 5 nitrogen and oxygen atoms in total. The average molecular weight is 378 g/mol. The lowest BCUT2D eigenvalue weighted by molar-refractivity contribution is -0.164. The third-order valence-electron chi connectivity index (χ3n) is 5.88. The topological polar surface area (TPSA) is 49.9 Å². The highest BCUT2D eigenvalue weighted by Crippen LogP contribution is 2.32. The summed E-state index contributed by atoms with van der Waals surface area (Å²) in [6.45, 7) is 1.00. The average Bonchev–Trinajstić information content (AvgIpc) is 2.95. The van der Waals surface area contributed by atoms with Gasteiger partial charge < -0.3 is 14.5 Å². The lowest BCUT2D eigenvalue weighted by atomic mass is 10.0. The van der Waals surface area contributed by atoms with E-state index in [-0.39, 0.29) is 17.9 Å². The first-order valence-corrected chi connectivity index (χ1v) is 9.90. The summed E-state index contributed by atoms with van der Waals surface area (Å²) in [6, 6.07) is 19.0. The molecule has 5 heteroatoms. The normalized spacial score (nSPS) is 24.5. The second-order valence-electron chi connectivity index (χ2n) is 7.53. The molecule has 2 bridgehead atoms. The zero-order valence-corrected chi connectivity index (χ0v) is 16.2. The van der Waals surface area contributed by atoms with Crippen LogP contribution >= 0.6 is 0 Å². The van der Waals surface area contributed by atoms with Crippen molar-refractivity contribution in [2.24, 2.45) is 0 Å². The van der Waals surface area contributed by atoms with Gasteiger partial charge in [0.15, 0.2) is 0 Å². The van der Waals surface area contributed by atoms with Gasteiger partial charge in [-0.25, -0.2) is 0 Å². The fraction of sp³-hybridized carbons (Fsp3) is 0.391. The molecule has 3 fully saturated rings. The molecular formula is C23H26N2O3. The molecule has 3 aliphatic heterocycles. The second-order valence-corrected chi connectivity index (χ2v) is 7.53. The van der Waals surface area contributed by atoms with Gasteiger partial charge in [0, 0.05) is 20.2 Å². The Balaban J connectivity index is 1.58. The van der Waals surface area contributed by atoms with Gasteiger partial charge in [0.25, 0.3) is 0 Å². The fourth-order valence-electron chi connectivity index (χ4n) is 4.40. The van der Waals surface area contributed by atoms with Crippen molar-refractivity contribution in [3.05, 3.63) is 71.8 Å². The number of fused-ring (bicyclic) bond motifs is 4. The van der Waals surface area contributed by atoms with Crippen molar-refractivity contribution in [2.45, 2.75) is 44.0 Å². The number of piperazine rings is 1. The summed E-state index contributed by atoms with van der Waals surface area (Å²) < 4.78 is 5.66. The SMILES string of the molecule is CO[C@@H]1CC[C@H]2C(=O)N(CCc3ccccc3)[C@@H]1C(=O)N2Cc1ccccc1. The standard InChI is InChI=1S/C23H26N2O3/c1-28-20-13-12-19-22(26)24(15-14-17-8-4-2-5-9-17)21(20)23(27)25(19)16-18-10-6-3-7-11-18/h2-11,19-21H,12-16H2,1H3/t19-,20+,21-/m0/s1.